The molecule has 126 valence electrons. The number of aryl methyl sites for hydroxylation is 2. The van der Waals surface area contributed by atoms with Crippen LogP contribution in [0.15, 0.2) is 4.42 Å². The molecule has 1 heterocycles. The summed E-state index contributed by atoms with van der Waals surface area (Å²) in [4.78, 5) is 12.5. The summed E-state index contributed by atoms with van der Waals surface area (Å²) in [6.07, 6.45) is 9.86. The SMILES string of the molecule is Cc1oc(C)c(C(=O)NCCC23CC4CC(CC(C4)C2)C3)c1C. The summed E-state index contributed by atoms with van der Waals surface area (Å²) in [6, 6.07) is 0. The molecule has 1 aromatic heterocycles. The van der Waals surface area contributed by atoms with Gasteiger partial charge < -0.3 is 9.73 Å². The Hall–Kier alpha value is -1.25. The molecule has 23 heavy (non-hydrogen) atoms. The zero-order valence-electron chi connectivity index (χ0n) is 14.7. The summed E-state index contributed by atoms with van der Waals surface area (Å²) in [5, 5.41) is 3.17. The maximum atomic E-state index is 12.5. The van der Waals surface area contributed by atoms with Gasteiger partial charge in [0.25, 0.3) is 5.91 Å². The number of amides is 1. The second kappa shape index (κ2) is 5.39. The Morgan fingerprint density at radius 1 is 1.04 bits per heavy atom. The van der Waals surface area contributed by atoms with Crippen LogP contribution in [0.5, 0.6) is 0 Å². The first-order valence-electron chi connectivity index (χ1n) is 9.30. The van der Waals surface area contributed by atoms with Crippen LogP contribution in [0.2, 0.25) is 0 Å². The lowest BCUT2D eigenvalue weighted by Gasteiger charge is -2.57. The van der Waals surface area contributed by atoms with Crippen molar-refractivity contribution in [3.63, 3.8) is 0 Å². The monoisotopic (exact) mass is 315 g/mol. The van der Waals surface area contributed by atoms with Gasteiger partial charge in [-0.1, -0.05) is 0 Å². The summed E-state index contributed by atoms with van der Waals surface area (Å²) in [6.45, 7) is 6.59. The lowest BCUT2D eigenvalue weighted by molar-refractivity contribution is -0.0564. The largest absolute Gasteiger partial charge is 0.466 e. The van der Waals surface area contributed by atoms with Crippen LogP contribution in [0.3, 0.4) is 0 Å². The molecule has 1 N–H and O–H groups in total. The third-order valence-corrected chi connectivity index (χ3v) is 6.89. The van der Waals surface area contributed by atoms with E-state index in [1.165, 1.54) is 38.5 Å². The van der Waals surface area contributed by atoms with Crippen LogP contribution in [-0.2, 0) is 0 Å². The van der Waals surface area contributed by atoms with Gasteiger partial charge in [0, 0.05) is 12.1 Å². The molecule has 4 saturated carbocycles. The minimum Gasteiger partial charge on any atom is -0.466 e. The van der Waals surface area contributed by atoms with Gasteiger partial charge in [-0.25, -0.2) is 0 Å². The van der Waals surface area contributed by atoms with Crippen molar-refractivity contribution in [1.29, 1.82) is 0 Å². The van der Waals surface area contributed by atoms with Gasteiger partial charge in [0.2, 0.25) is 0 Å². The molecule has 4 fully saturated rings. The smallest absolute Gasteiger partial charge is 0.255 e. The normalized spacial score (nSPS) is 34.8. The van der Waals surface area contributed by atoms with Gasteiger partial charge >= 0.3 is 0 Å². The standard InChI is InChI=1S/C20H29NO2/c1-12-13(2)23-14(3)18(12)19(22)21-5-4-20-9-15-6-16(10-20)8-17(7-15)11-20/h15-17H,4-11H2,1-3H3,(H,21,22). The number of carbonyl (C=O) groups is 1. The Labute approximate surface area is 139 Å². The quantitative estimate of drug-likeness (QED) is 0.886. The predicted molar refractivity (Wildman–Crippen MR) is 90.5 cm³/mol. The fourth-order valence-electron chi connectivity index (χ4n) is 6.25. The maximum absolute atomic E-state index is 12.5. The minimum atomic E-state index is 0.0431. The van der Waals surface area contributed by atoms with Crippen molar-refractivity contribution in [2.24, 2.45) is 23.2 Å². The van der Waals surface area contributed by atoms with Gasteiger partial charge in [-0.15, -0.1) is 0 Å². The summed E-state index contributed by atoms with van der Waals surface area (Å²) >= 11 is 0. The van der Waals surface area contributed by atoms with Crippen molar-refractivity contribution in [3.05, 3.63) is 22.6 Å². The highest BCUT2D eigenvalue weighted by Crippen LogP contribution is 2.61. The minimum absolute atomic E-state index is 0.0431. The molecule has 0 saturated heterocycles. The Bertz CT molecular complexity index is 593. The average Bonchev–Trinajstić information content (AvgIpc) is 2.70. The summed E-state index contributed by atoms with van der Waals surface area (Å²) in [5.74, 6) is 4.59. The molecule has 0 aliphatic heterocycles. The van der Waals surface area contributed by atoms with Crippen molar-refractivity contribution in [2.45, 2.75) is 65.7 Å². The van der Waals surface area contributed by atoms with Crippen molar-refractivity contribution < 1.29 is 9.21 Å². The van der Waals surface area contributed by atoms with E-state index >= 15 is 0 Å². The van der Waals surface area contributed by atoms with E-state index in [0.29, 0.717) is 5.41 Å². The molecule has 0 aromatic carbocycles. The van der Waals surface area contributed by atoms with E-state index in [4.69, 9.17) is 4.42 Å². The number of nitrogens with one attached hydrogen (secondary N) is 1. The third-order valence-electron chi connectivity index (χ3n) is 6.89. The van der Waals surface area contributed by atoms with Crippen molar-refractivity contribution in [3.8, 4) is 0 Å². The molecule has 4 aliphatic carbocycles. The van der Waals surface area contributed by atoms with Crippen LogP contribution in [-0.4, -0.2) is 12.5 Å². The molecule has 1 amide bonds. The van der Waals surface area contributed by atoms with E-state index in [2.05, 4.69) is 5.32 Å². The second-order valence-electron chi connectivity index (χ2n) is 8.64. The van der Waals surface area contributed by atoms with Crippen LogP contribution in [0.1, 0.15) is 72.4 Å². The highest BCUT2D eigenvalue weighted by molar-refractivity contribution is 5.96. The third kappa shape index (κ3) is 2.62. The molecular formula is C20H29NO2. The van der Waals surface area contributed by atoms with Crippen LogP contribution in [0.25, 0.3) is 0 Å². The molecule has 4 bridgehead atoms. The topological polar surface area (TPSA) is 42.2 Å². The summed E-state index contributed by atoms with van der Waals surface area (Å²) < 4.78 is 5.59. The number of hydrogen-bond donors (Lipinski definition) is 1. The van der Waals surface area contributed by atoms with E-state index in [0.717, 1.165) is 53.4 Å². The average molecular weight is 315 g/mol. The Morgan fingerprint density at radius 3 is 2.09 bits per heavy atom. The van der Waals surface area contributed by atoms with Gasteiger partial charge in [-0.2, -0.15) is 0 Å². The molecule has 0 spiro atoms. The van der Waals surface area contributed by atoms with Gasteiger partial charge in [0.05, 0.1) is 5.56 Å². The fraction of sp³-hybridized carbons (Fsp3) is 0.750. The highest BCUT2D eigenvalue weighted by Gasteiger charge is 2.50. The van der Waals surface area contributed by atoms with E-state index in [1.54, 1.807) is 0 Å². The van der Waals surface area contributed by atoms with E-state index in [1.807, 2.05) is 20.8 Å². The molecule has 0 unspecified atom stereocenters. The van der Waals surface area contributed by atoms with Crippen LogP contribution >= 0.6 is 0 Å². The number of rotatable bonds is 4. The van der Waals surface area contributed by atoms with E-state index < -0.39 is 0 Å². The number of hydrogen-bond acceptors (Lipinski definition) is 2. The van der Waals surface area contributed by atoms with Gasteiger partial charge in [0.15, 0.2) is 0 Å². The van der Waals surface area contributed by atoms with Crippen molar-refractivity contribution >= 4 is 5.91 Å². The molecular weight excluding hydrogens is 286 g/mol. The Balaban J connectivity index is 1.38. The zero-order valence-corrected chi connectivity index (χ0v) is 14.7. The molecule has 3 nitrogen and oxygen atoms in total. The molecule has 4 aliphatic rings. The Morgan fingerprint density at radius 2 is 1.61 bits per heavy atom. The van der Waals surface area contributed by atoms with Gasteiger partial charge in [0.1, 0.15) is 11.5 Å². The summed E-state index contributed by atoms with van der Waals surface area (Å²) in [5.41, 5.74) is 2.26. The number of carbonyl (C=O) groups excluding carboxylic acids is 1. The lowest BCUT2D eigenvalue weighted by atomic mass is 9.49. The van der Waals surface area contributed by atoms with Crippen LogP contribution in [0, 0.1) is 43.9 Å². The molecule has 5 rings (SSSR count). The lowest BCUT2D eigenvalue weighted by Crippen LogP contribution is -2.47. The van der Waals surface area contributed by atoms with Crippen molar-refractivity contribution in [1.82, 2.24) is 5.32 Å². The van der Waals surface area contributed by atoms with E-state index in [-0.39, 0.29) is 5.91 Å². The van der Waals surface area contributed by atoms with E-state index in [9.17, 15) is 4.79 Å². The zero-order chi connectivity index (χ0) is 16.2. The summed E-state index contributed by atoms with van der Waals surface area (Å²) in [7, 11) is 0. The second-order valence-corrected chi connectivity index (χ2v) is 8.64. The predicted octanol–water partition coefficient (Wildman–Crippen LogP) is 4.54. The molecule has 0 atom stereocenters. The highest BCUT2D eigenvalue weighted by atomic mass is 16.3. The molecule has 3 heteroatoms. The van der Waals surface area contributed by atoms with Gasteiger partial charge in [-0.05, 0) is 88.9 Å². The first-order chi connectivity index (χ1) is 11.0. The first-order valence-corrected chi connectivity index (χ1v) is 9.30. The fourth-order valence-corrected chi connectivity index (χ4v) is 6.25. The first kappa shape index (κ1) is 15.3. The van der Waals surface area contributed by atoms with Crippen molar-refractivity contribution in [2.75, 3.05) is 6.54 Å². The van der Waals surface area contributed by atoms with Gasteiger partial charge in [-0.3, -0.25) is 4.79 Å². The van der Waals surface area contributed by atoms with Crippen LogP contribution in [0.4, 0.5) is 0 Å². The van der Waals surface area contributed by atoms with Crippen LogP contribution < -0.4 is 5.32 Å². The molecule has 1 aromatic rings. The molecule has 0 radical (unpaired) electrons. The number of furan rings is 1. The maximum Gasteiger partial charge on any atom is 0.255 e. The Kier molecular flexibility index (Phi) is 3.58.